The third-order valence-corrected chi connectivity index (χ3v) is 4.71. The Kier molecular flexibility index (Phi) is 5.06. The molecule has 0 radical (unpaired) electrons. The van der Waals surface area contributed by atoms with Gasteiger partial charge >= 0.3 is 0 Å². The van der Waals surface area contributed by atoms with Crippen molar-refractivity contribution in [2.24, 2.45) is 0 Å². The summed E-state index contributed by atoms with van der Waals surface area (Å²) in [4.78, 5) is 18.9. The first-order chi connectivity index (χ1) is 10.8. The van der Waals surface area contributed by atoms with E-state index in [2.05, 4.69) is 4.98 Å². The van der Waals surface area contributed by atoms with Crippen molar-refractivity contribution >= 4 is 22.4 Å². The molecule has 0 unspecified atom stereocenters. The molecule has 0 bridgehead atoms. The van der Waals surface area contributed by atoms with Gasteiger partial charge in [0.25, 0.3) is 5.91 Å². The quantitative estimate of drug-likeness (QED) is 0.840. The standard InChI is InChI=1S/C17H20N2O2S/c20-16(13-21-15-9-5-2-6-10-15)19(17-18-11-12-22-17)14-7-3-1-4-8-14/h2,5-6,9-12,14H,1,3-4,7-8,13H2. The number of benzene rings is 1. The molecule has 5 heteroatoms. The van der Waals surface area contributed by atoms with E-state index < -0.39 is 0 Å². The molecule has 1 aromatic carbocycles. The first kappa shape index (κ1) is 15.0. The van der Waals surface area contributed by atoms with Crippen molar-refractivity contribution in [1.82, 2.24) is 4.98 Å². The zero-order chi connectivity index (χ0) is 15.2. The minimum atomic E-state index is -0.00861. The first-order valence-electron chi connectivity index (χ1n) is 7.74. The number of hydrogen-bond acceptors (Lipinski definition) is 4. The summed E-state index contributed by atoms with van der Waals surface area (Å²) in [5, 5.41) is 2.70. The van der Waals surface area contributed by atoms with Gasteiger partial charge in [0.2, 0.25) is 0 Å². The van der Waals surface area contributed by atoms with Crippen LogP contribution in [0.4, 0.5) is 5.13 Å². The predicted octanol–water partition coefficient (Wildman–Crippen LogP) is 3.89. The second-order valence-electron chi connectivity index (χ2n) is 5.47. The highest BCUT2D eigenvalue weighted by molar-refractivity contribution is 7.13. The Morgan fingerprint density at radius 1 is 1.23 bits per heavy atom. The number of anilines is 1. The summed E-state index contributed by atoms with van der Waals surface area (Å²) < 4.78 is 5.62. The van der Waals surface area contributed by atoms with Gasteiger partial charge in [-0.05, 0) is 25.0 Å². The summed E-state index contributed by atoms with van der Waals surface area (Å²) in [6.07, 6.45) is 7.48. The van der Waals surface area contributed by atoms with Crippen molar-refractivity contribution in [3.63, 3.8) is 0 Å². The summed E-state index contributed by atoms with van der Waals surface area (Å²) >= 11 is 1.51. The molecule has 0 spiro atoms. The second-order valence-corrected chi connectivity index (χ2v) is 6.34. The summed E-state index contributed by atoms with van der Waals surface area (Å²) in [5.41, 5.74) is 0. The lowest BCUT2D eigenvalue weighted by Crippen LogP contribution is -2.44. The number of hydrogen-bond donors (Lipinski definition) is 0. The average molecular weight is 316 g/mol. The molecule has 1 fully saturated rings. The molecule has 1 amide bonds. The molecule has 22 heavy (non-hydrogen) atoms. The summed E-state index contributed by atoms with van der Waals surface area (Å²) in [7, 11) is 0. The van der Waals surface area contributed by atoms with Crippen molar-refractivity contribution in [3.05, 3.63) is 41.9 Å². The van der Waals surface area contributed by atoms with Crippen molar-refractivity contribution in [1.29, 1.82) is 0 Å². The molecular weight excluding hydrogens is 296 g/mol. The lowest BCUT2D eigenvalue weighted by Gasteiger charge is -2.32. The molecule has 0 N–H and O–H groups in total. The van der Waals surface area contributed by atoms with Gasteiger partial charge < -0.3 is 4.74 Å². The number of rotatable bonds is 5. The van der Waals surface area contributed by atoms with E-state index in [4.69, 9.17) is 4.74 Å². The summed E-state index contributed by atoms with van der Waals surface area (Å²) in [6.45, 7) is 0.0556. The van der Waals surface area contributed by atoms with Gasteiger partial charge in [0.15, 0.2) is 11.7 Å². The van der Waals surface area contributed by atoms with Gasteiger partial charge in [0.05, 0.1) is 0 Å². The van der Waals surface area contributed by atoms with Crippen molar-refractivity contribution < 1.29 is 9.53 Å². The fourth-order valence-corrected chi connectivity index (χ4v) is 3.60. The minimum absolute atomic E-state index is 0.00861. The molecule has 1 aliphatic rings. The van der Waals surface area contributed by atoms with E-state index in [1.807, 2.05) is 40.6 Å². The maximum atomic E-state index is 12.7. The highest BCUT2D eigenvalue weighted by Gasteiger charge is 2.28. The van der Waals surface area contributed by atoms with Crippen molar-refractivity contribution in [2.75, 3.05) is 11.5 Å². The number of carbonyl (C=O) groups is 1. The fraction of sp³-hybridized carbons (Fsp3) is 0.412. The van der Waals surface area contributed by atoms with Crippen LogP contribution < -0.4 is 9.64 Å². The zero-order valence-corrected chi connectivity index (χ0v) is 13.3. The molecule has 1 saturated carbocycles. The monoisotopic (exact) mass is 316 g/mol. The fourth-order valence-electron chi connectivity index (χ4n) is 2.87. The van der Waals surface area contributed by atoms with Crippen LogP contribution in [0.3, 0.4) is 0 Å². The molecule has 4 nitrogen and oxygen atoms in total. The van der Waals surface area contributed by atoms with Crippen LogP contribution in [0.25, 0.3) is 0 Å². The van der Waals surface area contributed by atoms with Gasteiger partial charge in [-0.2, -0.15) is 0 Å². The lowest BCUT2D eigenvalue weighted by molar-refractivity contribution is -0.121. The van der Waals surface area contributed by atoms with Crippen LogP contribution in [-0.4, -0.2) is 23.5 Å². The number of carbonyl (C=O) groups excluding carboxylic acids is 1. The summed E-state index contributed by atoms with van der Waals surface area (Å²) in [6, 6.07) is 9.72. The Hall–Kier alpha value is -1.88. The van der Waals surface area contributed by atoms with Crippen LogP contribution in [0.5, 0.6) is 5.75 Å². The number of ether oxygens (including phenoxy) is 1. The molecule has 1 aromatic heterocycles. The van der Waals surface area contributed by atoms with Crippen LogP contribution in [0.1, 0.15) is 32.1 Å². The van der Waals surface area contributed by atoms with Gasteiger partial charge in [-0.15, -0.1) is 11.3 Å². The van der Waals surface area contributed by atoms with E-state index >= 15 is 0 Å². The SMILES string of the molecule is O=C(COc1ccccc1)N(c1nccs1)C1CCCCC1. The Balaban J connectivity index is 1.69. The Bertz CT molecular complexity index is 580. The van der Waals surface area contributed by atoms with Crippen LogP contribution >= 0.6 is 11.3 Å². The molecule has 116 valence electrons. The maximum absolute atomic E-state index is 12.7. The van der Waals surface area contributed by atoms with Crippen LogP contribution in [-0.2, 0) is 4.79 Å². The number of nitrogens with zero attached hydrogens (tertiary/aromatic N) is 2. The van der Waals surface area contributed by atoms with Gasteiger partial charge in [0.1, 0.15) is 5.75 Å². The molecule has 1 heterocycles. The largest absolute Gasteiger partial charge is 0.484 e. The van der Waals surface area contributed by atoms with E-state index in [0.29, 0.717) is 0 Å². The van der Waals surface area contributed by atoms with E-state index in [1.54, 1.807) is 6.20 Å². The molecule has 0 atom stereocenters. The average Bonchev–Trinajstić information content (AvgIpc) is 3.09. The van der Waals surface area contributed by atoms with Gasteiger partial charge in [-0.25, -0.2) is 4.98 Å². The Morgan fingerprint density at radius 2 is 2.00 bits per heavy atom. The van der Waals surface area contributed by atoms with Gasteiger partial charge in [-0.1, -0.05) is 37.5 Å². The number of aromatic nitrogens is 1. The molecule has 2 aromatic rings. The Morgan fingerprint density at radius 3 is 2.68 bits per heavy atom. The molecule has 3 rings (SSSR count). The van der Waals surface area contributed by atoms with E-state index in [0.717, 1.165) is 23.7 Å². The third kappa shape index (κ3) is 3.65. The third-order valence-electron chi connectivity index (χ3n) is 3.94. The van der Waals surface area contributed by atoms with Crippen molar-refractivity contribution in [3.8, 4) is 5.75 Å². The molecule has 0 saturated heterocycles. The topological polar surface area (TPSA) is 42.4 Å². The maximum Gasteiger partial charge on any atom is 0.266 e. The first-order valence-corrected chi connectivity index (χ1v) is 8.62. The second kappa shape index (κ2) is 7.40. The van der Waals surface area contributed by atoms with Crippen LogP contribution in [0.15, 0.2) is 41.9 Å². The normalized spacial score (nSPS) is 15.5. The number of thiazole rings is 1. The van der Waals surface area contributed by atoms with E-state index in [1.165, 1.54) is 30.6 Å². The van der Waals surface area contributed by atoms with Gasteiger partial charge in [0, 0.05) is 17.6 Å². The van der Waals surface area contributed by atoms with E-state index in [9.17, 15) is 4.79 Å². The Labute approximate surface area is 134 Å². The zero-order valence-electron chi connectivity index (χ0n) is 12.5. The molecular formula is C17H20N2O2S. The highest BCUT2D eigenvalue weighted by Crippen LogP contribution is 2.29. The minimum Gasteiger partial charge on any atom is -0.484 e. The van der Waals surface area contributed by atoms with E-state index in [-0.39, 0.29) is 18.6 Å². The van der Waals surface area contributed by atoms with Gasteiger partial charge in [-0.3, -0.25) is 9.69 Å². The molecule has 0 aliphatic heterocycles. The van der Waals surface area contributed by atoms with Crippen molar-refractivity contribution in [2.45, 2.75) is 38.1 Å². The smallest absolute Gasteiger partial charge is 0.266 e. The number of amides is 1. The summed E-state index contributed by atoms with van der Waals surface area (Å²) in [5.74, 6) is 0.712. The predicted molar refractivity (Wildman–Crippen MR) is 88.4 cm³/mol. The number of para-hydroxylation sites is 1. The molecule has 1 aliphatic carbocycles. The van der Waals surface area contributed by atoms with Crippen LogP contribution in [0, 0.1) is 0 Å². The van der Waals surface area contributed by atoms with Crippen LogP contribution in [0.2, 0.25) is 0 Å². The highest BCUT2D eigenvalue weighted by atomic mass is 32.1. The lowest BCUT2D eigenvalue weighted by atomic mass is 9.94.